The summed E-state index contributed by atoms with van der Waals surface area (Å²) in [5.74, 6) is 2.02. The fourth-order valence-electron chi connectivity index (χ4n) is 5.63. The first kappa shape index (κ1) is 22.2. The molecule has 6 rings (SSSR count). The normalized spacial score (nSPS) is 23.5. The first-order chi connectivity index (χ1) is 16.9. The Bertz CT molecular complexity index is 1390. The number of nitrogens with one attached hydrogen (secondary N) is 2. The predicted octanol–water partition coefficient (Wildman–Crippen LogP) is 3.93. The smallest absolute Gasteiger partial charge is 0.346 e. The van der Waals surface area contributed by atoms with Crippen molar-refractivity contribution >= 4 is 51.6 Å². The lowest BCUT2D eigenvalue weighted by Gasteiger charge is -2.32. The van der Waals surface area contributed by atoms with Crippen molar-refractivity contribution in [3.8, 4) is 0 Å². The van der Waals surface area contributed by atoms with Gasteiger partial charge in [0.15, 0.2) is 5.82 Å². The molecule has 0 radical (unpaired) electrons. The Morgan fingerprint density at radius 2 is 1.97 bits per heavy atom. The summed E-state index contributed by atoms with van der Waals surface area (Å²) >= 11 is 6.47. The second-order valence-electron chi connectivity index (χ2n) is 9.93. The van der Waals surface area contributed by atoms with Crippen molar-refractivity contribution in [3.63, 3.8) is 0 Å². The molecule has 2 aromatic heterocycles. The standard InChI is InChI=1S/C25H27ClN6O3/c1-13-12-35-24(34)20-21(28-13)17-8-16(5-6-19(17)31(2)23(20)33)29-22-18(26)9-27-25(30-22)32-10-14-3-4-15(7-14)11-32/h5-6,8-9,13-15,28H,3-4,7,10-12H2,1-2H3,(H,27,29,30)/t13-,14?,15?/m0/s1. The van der Waals surface area contributed by atoms with Crippen LogP contribution in [0.4, 0.5) is 23.1 Å². The molecule has 1 aliphatic carbocycles. The fraction of sp³-hybridized carbons (Fsp3) is 0.440. The van der Waals surface area contributed by atoms with Crippen molar-refractivity contribution in [3.05, 3.63) is 45.3 Å². The number of aromatic nitrogens is 3. The molecule has 1 saturated carbocycles. The maximum Gasteiger partial charge on any atom is 0.346 e. The van der Waals surface area contributed by atoms with E-state index in [2.05, 4.69) is 20.5 Å². The van der Waals surface area contributed by atoms with Crippen molar-refractivity contribution in [1.82, 2.24) is 14.5 Å². The molecule has 35 heavy (non-hydrogen) atoms. The molecule has 2 fully saturated rings. The first-order valence-corrected chi connectivity index (χ1v) is 12.4. The molecule has 0 spiro atoms. The summed E-state index contributed by atoms with van der Waals surface area (Å²) in [4.78, 5) is 37.0. The molecule has 182 valence electrons. The number of rotatable bonds is 3. The third-order valence-electron chi connectivity index (χ3n) is 7.34. The number of fused-ring (bicyclic) bond motifs is 5. The topological polar surface area (TPSA) is 101 Å². The van der Waals surface area contributed by atoms with Gasteiger partial charge in [0.1, 0.15) is 17.2 Å². The van der Waals surface area contributed by atoms with Crippen LogP contribution in [0.1, 0.15) is 36.5 Å². The molecule has 3 aromatic rings. The van der Waals surface area contributed by atoms with Crippen molar-refractivity contribution in [2.75, 3.05) is 35.2 Å². The lowest BCUT2D eigenvalue weighted by atomic mass is 9.99. The van der Waals surface area contributed by atoms with Crippen LogP contribution in [0.5, 0.6) is 0 Å². The number of nitrogens with zero attached hydrogens (tertiary/aromatic N) is 4. The van der Waals surface area contributed by atoms with E-state index in [-0.39, 0.29) is 18.2 Å². The Hall–Kier alpha value is -3.33. The number of aryl methyl sites for hydroxylation is 1. The second kappa shape index (κ2) is 8.41. The number of cyclic esters (lactones) is 1. The van der Waals surface area contributed by atoms with Gasteiger partial charge in [0.2, 0.25) is 5.95 Å². The fourth-order valence-corrected chi connectivity index (χ4v) is 5.77. The molecule has 1 aromatic carbocycles. The molecule has 10 heteroatoms. The van der Waals surface area contributed by atoms with Gasteiger partial charge in [-0.1, -0.05) is 11.6 Å². The van der Waals surface area contributed by atoms with E-state index in [1.807, 2.05) is 25.1 Å². The Morgan fingerprint density at radius 3 is 2.74 bits per heavy atom. The van der Waals surface area contributed by atoms with E-state index in [1.54, 1.807) is 13.2 Å². The number of pyridine rings is 1. The van der Waals surface area contributed by atoms with Crippen molar-refractivity contribution < 1.29 is 9.53 Å². The highest BCUT2D eigenvalue weighted by atomic mass is 35.5. The van der Waals surface area contributed by atoms with Gasteiger partial charge >= 0.3 is 5.97 Å². The zero-order chi connectivity index (χ0) is 24.3. The monoisotopic (exact) mass is 494 g/mol. The highest BCUT2D eigenvalue weighted by Crippen LogP contribution is 2.38. The lowest BCUT2D eigenvalue weighted by molar-refractivity contribution is 0.0503. The van der Waals surface area contributed by atoms with Crippen LogP contribution in [-0.4, -0.2) is 46.2 Å². The molecule has 2 bridgehead atoms. The van der Waals surface area contributed by atoms with Gasteiger partial charge in [-0.3, -0.25) is 4.79 Å². The second-order valence-corrected chi connectivity index (χ2v) is 10.3. The number of anilines is 4. The van der Waals surface area contributed by atoms with Gasteiger partial charge in [-0.15, -0.1) is 0 Å². The Kier molecular flexibility index (Phi) is 5.32. The van der Waals surface area contributed by atoms with E-state index in [4.69, 9.17) is 21.3 Å². The minimum Gasteiger partial charge on any atom is -0.460 e. The summed E-state index contributed by atoms with van der Waals surface area (Å²) in [7, 11) is 1.65. The van der Waals surface area contributed by atoms with E-state index in [0.29, 0.717) is 39.8 Å². The van der Waals surface area contributed by atoms with Gasteiger partial charge < -0.3 is 24.8 Å². The van der Waals surface area contributed by atoms with Crippen LogP contribution in [0.3, 0.4) is 0 Å². The SMILES string of the molecule is C[C@H]1COC(=O)c2c(c3cc(Nc4nc(N5CC6CCC(C6)C5)ncc4Cl)ccc3n(C)c2=O)N1. The van der Waals surface area contributed by atoms with Gasteiger partial charge in [0.05, 0.1) is 23.4 Å². The van der Waals surface area contributed by atoms with Crippen LogP contribution < -0.4 is 21.1 Å². The maximum atomic E-state index is 12.9. The van der Waals surface area contributed by atoms with Crippen LogP contribution in [-0.2, 0) is 11.8 Å². The zero-order valence-corrected chi connectivity index (χ0v) is 20.4. The number of hydrogen-bond donors (Lipinski definition) is 2. The van der Waals surface area contributed by atoms with E-state index in [1.165, 1.54) is 23.8 Å². The predicted molar refractivity (Wildman–Crippen MR) is 136 cm³/mol. The van der Waals surface area contributed by atoms with Gasteiger partial charge in [-0.2, -0.15) is 4.98 Å². The van der Waals surface area contributed by atoms with Crippen molar-refractivity contribution in [1.29, 1.82) is 0 Å². The minimum atomic E-state index is -0.614. The molecule has 2 unspecified atom stereocenters. The number of halogens is 1. The van der Waals surface area contributed by atoms with E-state index in [9.17, 15) is 9.59 Å². The van der Waals surface area contributed by atoms with Crippen LogP contribution >= 0.6 is 11.6 Å². The van der Waals surface area contributed by atoms with Gasteiger partial charge in [-0.25, -0.2) is 9.78 Å². The van der Waals surface area contributed by atoms with Gasteiger partial charge in [-0.05, 0) is 56.2 Å². The summed E-state index contributed by atoms with van der Waals surface area (Å²) < 4.78 is 6.76. The molecule has 4 heterocycles. The number of hydrogen-bond acceptors (Lipinski definition) is 8. The van der Waals surface area contributed by atoms with Gasteiger partial charge in [0.25, 0.3) is 5.56 Å². The van der Waals surface area contributed by atoms with Crippen molar-refractivity contribution in [2.24, 2.45) is 18.9 Å². The summed E-state index contributed by atoms with van der Waals surface area (Å²) in [6.45, 7) is 4.05. The largest absolute Gasteiger partial charge is 0.460 e. The molecule has 3 aliphatic rings. The number of piperidine rings is 1. The zero-order valence-electron chi connectivity index (χ0n) is 19.7. The number of benzene rings is 1. The Balaban J connectivity index is 1.39. The number of carbonyl (C=O) groups is 1. The number of carbonyl (C=O) groups excluding carboxylic acids is 1. The van der Waals surface area contributed by atoms with E-state index in [0.717, 1.165) is 24.2 Å². The molecule has 0 amide bonds. The average Bonchev–Trinajstić information content (AvgIpc) is 3.10. The third kappa shape index (κ3) is 3.87. The third-order valence-corrected chi connectivity index (χ3v) is 7.62. The molecule has 1 saturated heterocycles. The Morgan fingerprint density at radius 1 is 1.20 bits per heavy atom. The summed E-state index contributed by atoms with van der Waals surface area (Å²) in [5, 5.41) is 7.76. The highest BCUT2D eigenvalue weighted by Gasteiger charge is 2.34. The molecule has 2 aliphatic heterocycles. The summed E-state index contributed by atoms with van der Waals surface area (Å²) in [5.41, 5.74) is 1.55. The summed E-state index contributed by atoms with van der Waals surface area (Å²) in [6.07, 6.45) is 5.51. The van der Waals surface area contributed by atoms with E-state index >= 15 is 0 Å². The molecule has 9 nitrogen and oxygen atoms in total. The highest BCUT2D eigenvalue weighted by molar-refractivity contribution is 6.33. The maximum absolute atomic E-state index is 12.9. The van der Waals surface area contributed by atoms with Crippen LogP contribution in [0, 0.1) is 11.8 Å². The van der Waals surface area contributed by atoms with Gasteiger partial charge in [0, 0.05) is 31.2 Å². The Labute approximate surface area is 207 Å². The first-order valence-electron chi connectivity index (χ1n) is 12.0. The van der Waals surface area contributed by atoms with E-state index < -0.39 is 11.5 Å². The minimum absolute atomic E-state index is 0.0172. The quantitative estimate of drug-likeness (QED) is 0.528. The average molecular weight is 495 g/mol. The van der Waals surface area contributed by atoms with Crippen LogP contribution in [0.15, 0.2) is 29.2 Å². The molecular weight excluding hydrogens is 468 g/mol. The molecule has 2 N–H and O–H groups in total. The number of ether oxygens (including phenoxy) is 1. The van der Waals surface area contributed by atoms with Crippen LogP contribution in [0.25, 0.3) is 10.9 Å². The molecule has 3 atom stereocenters. The lowest BCUT2D eigenvalue weighted by Crippen LogP contribution is -2.37. The van der Waals surface area contributed by atoms with Crippen LogP contribution in [0.2, 0.25) is 5.02 Å². The molecular formula is C25H27ClN6O3. The number of esters is 1. The van der Waals surface area contributed by atoms with Crippen molar-refractivity contribution in [2.45, 2.75) is 32.2 Å². The summed E-state index contributed by atoms with van der Waals surface area (Å²) in [6, 6.07) is 5.47.